The van der Waals surface area contributed by atoms with Crippen LogP contribution in [0.1, 0.15) is 30.6 Å². The lowest BCUT2D eigenvalue weighted by atomic mass is 10.0. The Morgan fingerprint density at radius 2 is 1.71 bits per heavy atom. The van der Waals surface area contributed by atoms with E-state index in [1.54, 1.807) is 12.1 Å². The molecule has 0 saturated carbocycles. The topological polar surface area (TPSA) is 52.7 Å². The summed E-state index contributed by atoms with van der Waals surface area (Å²) in [7, 11) is 2.06. The van der Waals surface area contributed by atoms with Crippen molar-refractivity contribution >= 4 is 27.7 Å². The van der Waals surface area contributed by atoms with Crippen LogP contribution < -0.4 is 5.32 Å². The summed E-state index contributed by atoms with van der Waals surface area (Å²) in [5.74, 6) is 0.162. The van der Waals surface area contributed by atoms with E-state index in [4.69, 9.17) is 0 Å². The summed E-state index contributed by atoms with van der Waals surface area (Å²) in [6, 6.07) is 6.70. The lowest BCUT2D eigenvalue weighted by Gasteiger charge is -2.35. The number of halogens is 1. The molecule has 5 nitrogen and oxygen atoms in total. The average molecular weight is 396 g/mol. The summed E-state index contributed by atoms with van der Waals surface area (Å²) in [6.07, 6.45) is 0.646. The predicted molar refractivity (Wildman–Crippen MR) is 98.9 cm³/mol. The van der Waals surface area contributed by atoms with Crippen LogP contribution in [-0.4, -0.2) is 60.9 Å². The second kappa shape index (κ2) is 8.62. The van der Waals surface area contributed by atoms with Crippen molar-refractivity contribution in [3.05, 3.63) is 34.3 Å². The number of amides is 2. The molecular weight excluding hydrogens is 370 g/mol. The average Bonchev–Trinajstić information content (AvgIpc) is 2.54. The zero-order chi connectivity index (χ0) is 17.7. The van der Waals surface area contributed by atoms with Crippen LogP contribution in [0.2, 0.25) is 0 Å². The predicted octanol–water partition coefficient (Wildman–Crippen LogP) is 2.37. The van der Waals surface area contributed by atoms with Gasteiger partial charge in [-0.2, -0.15) is 0 Å². The zero-order valence-corrected chi connectivity index (χ0v) is 16.2. The van der Waals surface area contributed by atoms with Crippen molar-refractivity contribution in [3.8, 4) is 0 Å². The number of carbonyl (C=O) groups is 2. The summed E-state index contributed by atoms with van der Waals surface area (Å²) in [6.45, 7) is 7.32. The first kappa shape index (κ1) is 18.9. The van der Waals surface area contributed by atoms with Gasteiger partial charge in [-0.25, -0.2) is 0 Å². The quantitative estimate of drug-likeness (QED) is 0.832. The molecule has 1 aromatic rings. The lowest BCUT2D eigenvalue weighted by molar-refractivity contribution is -0.135. The molecule has 2 rings (SSSR count). The molecule has 1 heterocycles. The maximum atomic E-state index is 12.8. The van der Waals surface area contributed by atoms with Gasteiger partial charge in [-0.1, -0.05) is 29.8 Å². The molecule has 1 fully saturated rings. The fourth-order valence-corrected chi connectivity index (χ4v) is 3.05. The number of likely N-dealkylation sites (N-methyl/N-ethyl adjacent to an activating group) is 1. The third-order valence-electron chi connectivity index (χ3n) is 4.23. The Hall–Kier alpha value is -1.40. The van der Waals surface area contributed by atoms with E-state index in [1.165, 1.54) is 0 Å². The SMILES string of the molecule is CC(C)C[C@@H](NC(=O)c1ccc(Br)cc1)C(=O)N1CCN(C)CC1. The van der Waals surface area contributed by atoms with Crippen molar-refractivity contribution in [2.75, 3.05) is 33.2 Å². The van der Waals surface area contributed by atoms with E-state index >= 15 is 0 Å². The minimum Gasteiger partial charge on any atom is -0.340 e. The number of rotatable bonds is 5. The third-order valence-corrected chi connectivity index (χ3v) is 4.76. The molecule has 1 aliphatic rings. The van der Waals surface area contributed by atoms with Crippen molar-refractivity contribution in [2.45, 2.75) is 26.3 Å². The molecule has 0 bridgehead atoms. The monoisotopic (exact) mass is 395 g/mol. The number of piperazine rings is 1. The van der Waals surface area contributed by atoms with E-state index in [9.17, 15) is 9.59 Å². The van der Waals surface area contributed by atoms with Crippen LogP contribution in [0.15, 0.2) is 28.7 Å². The Balaban J connectivity index is 2.05. The van der Waals surface area contributed by atoms with E-state index in [1.807, 2.05) is 17.0 Å². The highest BCUT2D eigenvalue weighted by molar-refractivity contribution is 9.10. The van der Waals surface area contributed by atoms with Gasteiger partial charge in [0, 0.05) is 36.2 Å². The van der Waals surface area contributed by atoms with Crippen molar-refractivity contribution in [3.63, 3.8) is 0 Å². The maximum Gasteiger partial charge on any atom is 0.251 e. The van der Waals surface area contributed by atoms with Gasteiger partial charge in [0.1, 0.15) is 6.04 Å². The highest BCUT2D eigenvalue weighted by Crippen LogP contribution is 2.13. The largest absolute Gasteiger partial charge is 0.340 e. The Bertz CT molecular complexity index is 566. The van der Waals surface area contributed by atoms with Gasteiger partial charge in [-0.3, -0.25) is 9.59 Å². The van der Waals surface area contributed by atoms with Gasteiger partial charge in [0.05, 0.1) is 0 Å². The molecule has 1 atom stereocenters. The molecule has 1 N–H and O–H groups in total. The van der Waals surface area contributed by atoms with Gasteiger partial charge in [0.2, 0.25) is 5.91 Å². The number of nitrogens with one attached hydrogen (secondary N) is 1. The first-order valence-corrected chi connectivity index (χ1v) is 9.20. The van der Waals surface area contributed by atoms with Gasteiger partial charge in [0.25, 0.3) is 5.91 Å². The second-order valence-corrected chi connectivity index (χ2v) is 7.71. The van der Waals surface area contributed by atoms with E-state index in [0.717, 1.165) is 30.7 Å². The Labute approximate surface area is 152 Å². The van der Waals surface area contributed by atoms with Gasteiger partial charge < -0.3 is 15.1 Å². The molecule has 1 aromatic carbocycles. The van der Waals surface area contributed by atoms with Crippen LogP contribution >= 0.6 is 15.9 Å². The Morgan fingerprint density at radius 3 is 2.25 bits per heavy atom. The minimum absolute atomic E-state index is 0.0299. The summed E-state index contributed by atoms with van der Waals surface area (Å²) >= 11 is 3.36. The molecule has 1 aliphatic heterocycles. The summed E-state index contributed by atoms with van der Waals surface area (Å²) in [4.78, 5) is 29.4. The van der Waals surface area contributed by atoms with Gasteiger partial charge >= 0.3 is 0 Å². The first-order valence-electron chi connectivity index (χ1n) is 8.40. The summed E-state index contributed by atoms with van der Waals surface area (Å²) < 4.78 is 0.922. The zero-order valence-electron chi connectivity index (χ0n) is 14.6. The van der Waals surface area contributed by atoms with E-state index in [-0.39, 0.29) is 11.8 Å². The Kier molecular flexibility index (Phi) is 6.80. The van der Waals surface area contributed by atoms with E-state index < -0.39 is 6.04 Å². The first-order chi connectivity index (χ1) is 11.4. The highest BCUT2D eigenvalue weighted by Gasteiger charge is 2.28. The van der Waals surface area contributed by atoms with Gasteiger partial charge in [-0.15, -0.1) is 0 Å². The molecule has 132 valence electrons. The van der Waals surface area contributed by atoms with Crippen LogP contribution in [0.4, 0.5) is 0 Å². The summed E-state index contributed by atoms with van der Waals surface area (Å²) in [5.41, 5.74) is 0.568. The molecule has 0 spiro atoms. The van der Waals surface area contributed by atoms with Crippen molar-refractivity contribution in [2.24, 2.45) is 5.92 Å². The van der Waals surface area contributed by atoms with Crippen molar-refractivity contribution in [1.29, 1.82) is 0 Å². The standard InChI is InChI=1S/C18H26BrN3O2/c1-13(2)12-16(18(24)22-10-8-21(3)9-11-22)20-17(23)14-4-6-15(19)7-5-14/h4-7,13,16H,8-12H2,1-3H3,(H,20,23)/t16-/m1/s1. The van der Waals surface area contributed by atoms with Crippen LogP contribution in [0.25, 0.3) is 0 Å². The fourth-order valence-electron chi connectivity index (χ4n) is 2.78. The molecule has 2 amide bonds. The molecule has 0 aromatic heterocycles. The van der Waals surface area contributed by atoms with Crippen LogP contribution in [0, 0.1) is 5.92 Å². The fraction of sp³-hybridized carbons (Fsp3) is 0.556. The van der Waals surface area contributed by atoms with Crippen LogP contribution in [0.3, 0.4) is 0 Å². The number of carbonyl (C=O) groups excluding carboxylic acids is 2. The Morgan fingerprint density at radius 1 is 1.12 bits per heavy atom. The van der Waals surface area contributed by atoms with Crippen LogP contribution in [0.5, 0.6) is 0 Å². The van der Waals surface area contributed by atoms with Gasteiger partial charge in [0.15, 0.2) is 0 Å². The number of nitrogens with zero attached hydrogens (tertiary/aromatic N) is 2. The highest BCUT2D eigenvalue weighted by atomic mass is 79.9. The van der Waals surface area contributed by atoms with Gasteiger partial charge in [-0.05, 0) is 43.7 Å². The molecule has 0 aliphatic carbocycles. The minimum atomic E-state index is -0.468. The molecule has 0 unspecified atom stereocenters. The van der Waals surface area contributed by atoms with Crippen molar-refractivity contribution in [1.82, 2.24) is 15.1 Å². The van der Waals surface area contributed by atoms with Crippen molar-refractivity contribution < 1.29 is 9.59 Å². The second-order valence-electron chi connectivity index (χ2n) is 6.79. The molecule has 6 heteroatoms. The normalized spacial score (nSPS) is 17.0. The third kappa shape index (κ3) is 5.31. The van der Waals surface area contributed by atoms with E-state index in [2.05, 4.69) is 47.0 Å². The van der Waals surface area contributed by atoms with E-state index in [0.29, 0.717) is 17.9 Å². The number of hydrogen-bond acceptors (Lipinski definition) is 3. The number of benzene rings is 1. The molecular formula is C18H26BrN3O2. The number of hydrogen-bond donors (Lipinski definition) is 1. The molecule has 1 saturated heterocycles. The molecule has 0 radical (unpaired) electrons. The molecule has 24 heavy (non-hydrogen) atoms. The summed E-state index contributed by atoms with van der Waals surface area (Å²) in [5, 5.41) is 2.93. The smallest absolute Gasteiger partial charge is 0.251 e. The maximum absolute atomic E-state index is 12.8. The van der Waals surface area contributed by atoms with Crippen LogP contribution in [-0.2, 0) is 4.79 Å². The lowest BCUT2D eigenvalue weighted by Crippen LogP contribution is -2.54.